The summed E-state index contributed by atoms with van der Waals surface area (Å²) in [5, 5.41) is 2.62. The molecule has 9 heteroatoms. The first kappa shape index (κ1) is 18.6. The fourth-order valence-electron chi connectivity index (χ4n) is 2.66. The van der Waals surface area contributed by atoms with Crippen molar-refractivity contribution in [3.63, 3.8) is 0 Å². The van der Waals surface area contributed by atoms with Crippen LogP contribution in [0.5, 0.6) is 5.75 Å². The standard InChI is InChI=1S/C15H20F2N2O4S/c1-2-10-24(21,22)19-9-3-4-13(19)14(20)18-11-5-7-12(8-6-11)23-15(16)17/h5-8,13,15H,2-4,9-10H2,1H3,(H,18,20)/t13-/m0/s1. The summed E-state index contributed by atoms with van der Waals surface area (Å²) in [5.41, 5.74) is 0.390. The largest absolute Gasteiger partial charge is 0.435 e. The van der Waals surface area contributed by atoms with E-state index in [1.807, 2.05) is 0 Å². The number of sulfonamides is 1. The van der Waals surface area contributed by atoms with Crippen LogP contribution in [-0.4, -0.2) is 43.6 Å². The van der Waals surface area contributed by atoms with E-state index in [2.05, 4.69) is 10.1 Å². The number of ether oxygens (including phenoxy) is 1. The van der Waals surface area contributed by atoms with Crippen molar-refractivity contribution in [3.05, 3.63) is 24.3 Å². The maximum atomic E-state index is 12.4. The Kier molecular flexibility index (Phi) is 6.11. The van der Waals surface area contributed by atoms with Crippen LogP contribution in [0.3, 0.4) is 0 Å². The number of anilines is 1. The van der Waals surface area contributed by atoms with E-state index in [0.29, 0.717) is 31.5 Å². The summed E-state index contributed by atoms with van der Waals surface area (Å²) in [5.74, 6) is -0.429. The van der Waals surface area contributed by atoms with Crippen LogP contribution < -0.4 is 10.1 Å². The number of hydrogen-bond donors (Lipinski definition) is 1. The first-order chi connectivity index (χ1) is 11.3. The zero-order chi connectivity index (χ0) is 17.7. The van der Waals surface area contributed by atoms with Gasteiger partial charge >= 0.3 is 6.61 Å². The van der Waals surface area contributed by atoms with Gasteiger partial charge in [-0.2, -0.15) is 13.1 Å². The molecule has 1 saturated heterocycles. The third-order valence-corrected chi connectivity index (χ3v) is 5.75. The number of halogens is 2. The molecule has 1 N–H and O–H groups in total. The average Bonchev–Trinajstić information content (AvgIpc) is 2.99. The summed E-state index contributed by atoms with van der Waals surface area (Å²) >= 11 is 0. The first-order valence-electron chi connectivity index (χ1n) is 7.68. The van der Waals surface area contributed by atoms with Crippen molar-refractivity contribution in [1.29, 1.82) is 0 Å². The maximum Gasteiger partial charge on any atom is 0.387 e. The van der Waals surface area contributed by atoms with Crippen LogP contribution in [0.15, 0.2) is 24.3 Å². The van der Waals surface area contributed by atoms with Crippen LogP contribution in [0, 0.1) is 0 Å². The molecule has 0 aromatic heterocycles. The van der Waals surface area contributed by atoms with Crippen LogP contribution in [-0.2, 0) is 14.8 Å². The van der Waals surface area contributed by atoms with E-state index in [-0.39, 0.29) is 11.5 Å². The molecular weight excluding hydrogens is 342 g/mol. The van der Waals surface area contributed by atoms with E-state index in [4.69, 9.17) is 0 Å². The lowest BCUT2D eigenvalue weighted by Crippen LogP contribution is -2.44. The second-order valence-corrected chi connectivity index (χ2v) is 7.52. The molecule has 1 atom stereocenters. The molecule has 0 bridgehead atoms. The zero-order valence-electron chi connectivity index (χ0n) is 13.2. The van der Waals surface area contributed by atoms with Crippen molar-refractivity contribution in [2.75, 3.05) is 17.6 Å². The number of alkyl halides is 2. The number of carbonyl (C=O) groups excluding carboxylic acids is 1. The number of nitrogens with zero attached hydrogens (tertiary/aromatic N) is 1. The fraction of sp³-hybridized carbons (Fsp3) is 0.533. The van der Waals surface area contributed by atoms with Gasteiger partial charge in [-0.15, -0.1) is 0 Å². The third kappa shape index (κ3) is 4.64. The van der Waals surface area contributed by atoms with E-state index >= 15 is 0 Å². The fourth-order valence-corrected chi connectivity index (χ4v) is 4.40. The van der Waals surface area contributed by atoms with Gasteiger partial charge in [0.2, 0.25) is 15.9 Å². The monoisotopic (exact) mass is 362 g/mol. The van der Waals surface area contributed by atoms with Crippen molar-refractivity contribution in [2.45, 2.75) is 38.8 Å². The highest BCUT2D eigenvalue weighted by Gasteiger charge is 2.38. The molecule has 24 heavy (non-hydrogen) atoms. The normalized spacial score (nSPS) is 18.8. The average molecular weight is 362 g/mol. The topological polar surface area (TPSA) is 75.7 Å². The lowest BCUT2D eigenvalue weighted by Gasteiger charge is -2.23. The Balaban J connectivity index is 2.03. The molecule has 1 aromatic rings. The molecule has 1 fully saturated rings. The van der Waals surface area contributed by atoms with E-state index in [1.165, 1.54) is 28.6 Å². The van der Waals surface area contributed by atoms with E-state index in [1.54, 1.807) is 6.92 Å². The van der Waals surface area contributed by atoms with E-state index in [0.717, 1.165) is 0 Å². The molecular formula is C15H20F2N2O4S. The second kappa shape index (κ2) is 7.89. The van der Waals surface area contributed by atoms with Gasteiger partial charge in [0.25, 0.3) is 0 Å². The molecule has 1 heterocycles. The van der Waals surface area contributed by atoms with Gasteiger partial charge in [0.15, 0.2) is 0 Å². The number of benzene rings is 1. The molecule has 0 saturated carbocycles. The number of carbonyl (C=O) groups is 1. The summed E-state index contributed by atoms with van der Waals surface area (Å²) < 4.78 is 54.1. The third-order valence-electron chi connectivity index (χ3n) is 3.67. The van der Waals surface area contributed by atoms with Gasteiger partial charge in [-0.05, 0) is 43.5 Å². The Hall–Kier alpha value is -1.74. The Morgan fingerprint density at radius 3 is 2.62 bits per heavy atom. The summed E-state index contributed by atoms with van der Waals surface area (Å²) in [6, 6.07) is 4.73. The van der Waals surface area contributed by atoms with Gasteiger partial charge in [-0.3, -0.25) is 4.79 Å². The van der Waals surface area contributed by atoms with Gasteiger partial charge in [-0.25, -0.2) is 8.42 Å². The Bertz CT molecular complexity index is 665. The Morgan fingerprint density at radius 1 is 1.38 bits per heavy atom. The molecule has 0 unspecified atom stereocenters. The Labute approximate surface area is 139 Å². The molecule has 6 nitrogen and oxygen atoms in total. The number of nitrogens with one attached hydrogen (secondary N) is 1. The van der Waals surface area contributed by atoms with Crippen LogP contribution in [0.4, 0.5) is 14.5 Å². The molecule has 1 aromatic carbocycles. The molecule has 2 rings (SSSR count). The minimum atomic E-state index is -3.45. The summed E-state index contributed by atoms with van der Waals surface area (Å²) in [4.78, 5) is 12.4. The van der Waals surface area contributed by atoms with Crippen molar-refractivity contribution in [3.8, 4) is 5.75 Å². The summed E-state index contributed by atoms with van der Waals surface area (Å²) in [6.45, 7) is -0.811. The summed E-state index contributed by atoms with van der Waals surface area (Å²) in [6.07, 6.45) is 1.57. The first-order valence-corrected chi connectivity index (χ1v) is 9.29. The van der Waals surface area contributed by atoms with Crippen LogP contribution >= 0.6 is 0 Å². The highest BCUT2D eigenvalue weighted by molar-refractivity contribution is 7.89. The molecule has 0 spiro atoms. The quantitative estimate of drug-likeness (QED) is 0.808. The van der Waals surface area contributed by atoms with Gasteiger partial charge in [0, 0.05) is 12.2 Å². The predicted molar refractivity (Wildman–Crippen MR) is 85.5 cm³/mol. The second-order valence-electron chi connectivity index (χ2n) is 5.48. The smallest absolute Gasteiger partial charge is 0.387 e. The van der Waals surface area contributed by atoms with Crippen LogP contribution in [0.1, 0.15) is 26.2 Å². The molecule has 1 amide bonds. The van der Waals surface area contributed by atoms with Crippen molar-refractivity contribution in [2.24, 2.45) is 0 Å². The number of rotatable bonds is 7. The minimum Gasteiger partial charge on any atom is -0.435 e. The summed E-state index contributed by atoms with van der Waals surface area (Å²) in [7, 11) is -3.45. The van der Waals surface area contributed by atoms with E-state index < -0.39 is 28.6 Å². The van der Waals surface area contributed by atoms with Crippen molar-refractivity contribution < 1.29 is 26.7 Å². The molecule has 134 valence electrons. The highest BCUT2D eigenvalue weighted by atomic mass is 32.2. The number of amides is 1. The van der Waals surface area contributed by atoms with Gasteiger partial charge < -0.3 is 10.1 Å². The van der Waals surface area contributed by atoms with Gasteiger partial charge in [0.1, 0.15) is 11.8 Å². The van der Waals surface area contributed by atoms with Crippen LogP contribution in [0.25, 0.3) is 0 Å². The zero-order valence-corrected chi connectivity index (χ0v) is 14.1. The number of hydrogen-bond acceptors (Lipinski definition) is 4. The molecule has 0 aliphatic carbocycles. The molecule has 0 radical (unpaired) electrons. The lowest BCUT2D eigenvalue weighted by molar-refractivity contribution is -0.119. The van der Waals surface area contributed by atoms with Crippen molar-refractivity contribution in [1.82, 2.24) is 4.31 Å². The minimum absolute atomic E-state index is 0.0104. The Morgan fingerprint density at radius 2 is 2.04 bits per heavy atom. The molecule has 1 aliphatic rings. The highest BCUT2D eigenvalue weighted by Crippen LogP contribution is 2.24. The maximum absolute atomic E-state index is 12.4. The molecule has 1 aliphatic heterocycles. The predicted octanol–water partition coefficient (Wildman–Crippen LogP) is 2.43. The van der Waals surface area contributed by atoms with Gasteiger partial charge in [-0.1, -0.05) is 6.92 Å². The van der Waals surface area contributed by atoms with Gasteiger partial charge in [0.05, 0.1) is 5.75 Å². The van der Waals surface area contributed by atoms with E-state index in [9.17, 15) is 22.0 Å². The van der Waals surface area contributed by atoms with Crippen molar-refractivity contribution >= 4 is 21.6 Å². The lowest BCUT2D eigenvalue weighted by atomic mass is 10.2. The van der Waals surface area contributed by atoms with Crippen LogP contribution in [0.2, 0.25) is 0 Å². The SMILES string of the molecule is CCCS(=O)(=O)N1CCC[C@H]1C(=O)Nc1ccc(OC(F)F)cc1.